The van der Waals surface area contributed by atoms with Crippen molar-refractivity contribution in [2.24, 2.45) is 5.10 Å². The third-order valence-electron chi connectivity index (χ3n) is 5.78. The molecular weight excluding hydrogens is 452 g/mol. The van der Waals surface area contributed by atoms with Crippen LogP contribution in [0.15, 0.2) is 69.4 Å². The Hall–Kier alpha value is -3.10. The summed E-state index contributed by atoms with van der Waals surface area (Å²) in [5.74, 6) is -0.197. The number of nitrogens with zero attached hydrogens (tertiary/aromatic N) is 4. The first-order valence-electron chi connectivity index (χ1n) is 10.9. The van der Waals surface area contributed by atoms with E-state index >= 15 is 0 Å². The highest BCUT2D eigenvalue weighted by molar-refractivity contribution is 8.08. The average molecular weight is 477 g/mol. The number of unbranched alkanes of at least 4 members (excludes halogenated alkanes) is 1. The van der Waals surface area contributed by atoms with Gasteiger partial charge in [0.25, 0.3) is 11.5 Å². The molecule has 6 nitrogen and oxygen atoms in total. The second kappa shape index (κ2) is 8.68. The van der Waals surface area contributed by atoms with Crippen LogP contribution in [0, 0.1) is 0 Å². The van der Waals surface area contributed by atoms with E-state index in [2.05, 4.69) is 29.1 Å². The minimum absolute atomic E-state index is 0.0446. The third kappa shape index (κ3) is 3.63. The molecule has 8 heteroatoms. The maximum Gasteiger partial charge on any atom is 0.283 e. The fraction of sp³-hybridized carbons (Fsp3) is 0.240. The lowest BCUT2D eigenvalue weighted by molar-refractivity contribution is -0.112. The number of thioether (sulfide) groups is 1. The van der Waals surface area contributed by atoms with Crippen LogP contribution in [0.2, 0.25) is 0 Å². The van der Waals surface area contributed by atoms with E-state index in [1.165, 1.54) is 16.3 Å². The largest absolute Gasteiger partial charge is 0.337 e. The van der Waals surface area contributed by atoms with Crippen molar-refractivity contribution < 1.29 is 4.79 Å². The molecule has 0 unspecified atom stereocenters. The minimum atomic E-state index is -0.197. The highest BCUT2D eigenvalue weighted by atomic mass is 32.2. The van der Waals surface area contributed by atoms with Gasteiger partial charge in [0.05, 0.1) is 22.7 Å². The first-order valence-corrected chi connectivity index (χ1v) is 12.6. The van der Waals surface area contributed by atoms with Gasteiger partial charge in [-0.2, -0.15) is 10.1 Å². The van der Waals surface area contributed by atoms with Gasteiger partial charge in [-0.3, -0.25) is 14.2 Å². The zero-order valence-electron chi connectivity index (χ0n) is 18.7. The number of carbonyl (C=O) groups excluding carboxylic acids is 1. The van der Waals surface area contributed by atoms with Crippen molar-refractivity contribution in [3.05, 3.63) is 74.1 Å². The number of thiazole rings is 1. The number of hydrazone groups is 1. The quantitative estimate of drug-likeness (QED) is 0.578. The normalized spacial score (nSPS) is 18.8. The van der Waals surface area contributed by atoms with E-state index in [1.807, 2.05) is 56.4 Å². The molecule has 0 atom stereocenters. The molecule has 1 aromatic heterocycles. The standard InChI is InChI=1S/C25H24N4O2S2/c1-4-5-15-28-23(31)21(25-27(3)18-13-9-10-14-19(18)32-25)33-24(28)20-16(2)26-29(22(20)30)17-11-7-6-8-12-17/h6-14H,4-5,15H2,1-3H3. The maximum atomic E-state index is 13.6. The van der Waals surface area contributed by atoms with E-state index in [9.17, 15) is 9.59 Å². The van der Waals surface area contributed by atoms with Gasteiger partial charge >= 0.3 is 0 Å². The van der Waals surface area contributed by atoms with Gasteiger partial charge in [-0.05, 0) is 37.6 Å². The Morgan fingerprint density at radius 1 is 1.00 bits per heavy atom. The van der Waals surface area contributed by atoms with Crippen LogP contribution in [0.1, 0.15) is 26.7 Å². The molecule has 0 bridgehead atoms. The third-order valence-corrected chi connectivity index (χ3v) is 8.34. The summed E-state index contributed by atoms with van der Waals surface area (Å²) in [7, 11) is 1.99. The van der Waals surface area contributed by atoms with Crippen LogP contribution in [0.25, 0.3) is 10.6 Å². The van der Waals surface area contributed by atoms with Gasteiger partial charge in [-0.25, -0.2) is 0 Å². The van der Waals surface area contributed by atoms with Crippen LogP contribution in [-0.4, -0.2) is 23.2 Å². The van der Waals surface area contributed by atoms with Gasteiger partial charge in [0.15, 0.2) is 0 Å². The van der Waals surface area contributed by atoms with Gasteiger partial charge in [-0.15, -0.1) is 11.3 Å². The summed E-state index contributed by atoms with van der Waals surface area (Å²) in [4.78, 5) is 30.3. The minimum Gasteiger partial charge on any atom is -0.337 e. The molecule has 0 spiro atoms. The topological polar surface area (TPSA) is 57.9 Å². The molecule has 0 saturated heterocycles. The second-order valence-corrected chi connectivity index (χ2v) is 10.0. The molecule has 1 amide bonds. The highest BCUT2D eigenvalue weighted by Gasteiger charge is 2.32. The SMILES string of the molecule is CCCCn1c(=C2C(=O)N(c3ccccc3)N=C2C)sc(=C2Sc3ccccc3N2C)c1=O. The molecule has 0 saturated carbocycles. The molecule has 168 valence electrons. The van der Waals surface area contributed by atoms with E-state index in [-0.39, 0.29) is 11.5 Å². The number of anilines is 2. The Kier molecular flexibility index (Phi) is 5.72. The summed E-state index contributed by atoms with van der Waals surface area (Å²) in [6, 6.07) is 17.5. The van der Waals surface area contributed by atoms with Gasteiger partial charge in [0, 0.05) is 18.5 Å². The van der Waals surface area contributed by atoms with Crippen LogP contribution in [0.5, 0.6) is 0 Å². The van der Waals surface area contributed by atoms with Crippen molar-refractivity contribution in [3.8, 4) is 0 Å². The molecule has 33 heavy (non-hydrogen) atoms. The van der Waals surface area contributed by atoms with E-state index < -0.39 is 0 Å². The van der Waals surface area contributed by atoms with Gasteiger partial charge in [0.1, 0.15) is 14.2 Å². The predicted octanol–water partition coefficient (Wildman–Crippen LogP) is 3.59. The second-order valence-electron chi connectivity index (χ2n) is 7.99. The van der Waals surface area contributed by atoms with Crippen molar-refractivity contribution >= 4 is 56.7 Å². The van der Waals surface area contributed by atoms with Crippen LogP contribution < -0.4 is 24.7 Å². The molecule has 2 aromatic carbocycles. The first kappa shape index (κ1) is 21.7. The fourth-order valence-electron chi connectivity index (χ4n) is 4.05. The number of fused-ring (bicyclic) bond motifs is 1. The summed E-state index contributed by atoms with van der Waals surface area (Å²) in [6.07, 6.45) is 1.82. The molecule has 5 rings (SSSR count). The molecule has 0 fully saturated rings. The Morgan fingerprint density at radius 3 is 2.45 bits per heavy atom. The first-order chi connectivity index (χ1) is 16.0. The number of benzene rings is 2. The molecule has 0 N–H and O–H groups in total. The van der Waals surface area contributed by atoms with E-state index in [0.29, 0.717) is 32.7 Å². The zero-order chi connectivity index (χ0) is 23.1. The van der Waals surface area contributed by atoms with Crippen molar-refractivity contribution in [2.45, 2.75) is 38.1 Å². The molecule has 0 aliphatic carbocycles. The lowest BCUT2D eigenvalue weighted by Gasteiger charge is -2.11. The molecule has 3 aromatic rings. The number of carbonyl (C=O) groups is 1. The molecule has 3 heterocycles. The van der Waals surface area contributed by atoms with Crippen molar-refractivity contribution in [1.82, 2.24) is 4.57 Å². The smallest absolute Gasteiger partial charge is 0.283 e. The van der Waals surface area contributed by atoms with E-state index in [4.69, 9.17) is 0 Å². The van der Waals surface area contributed by atoms with Crippen LogP contribution >= 0.6 is 23.1 Å². The molecule has 0 radical (unpaired) electrons. The summed E-state index contributed by atoms with van der Waals surface area (Å²) < 4.78 is 3.12. The number of para-hydroxylation sites is 2. The van der Waals surface area contributed by atoms with Crippen LogP contribution in [0.4, 0.5) is 11.4 Å². The predicted molar refractivity (Wildman–Crippen MR) is 137 cm³/mol. The summed E-state index contributed by atoms with van der Waals surface area (Å²) in [5.41, 5.74) is 2.89. The Bertz CT molecular complexity index is 1450. The number of amides is 1. The van der Waals surface area contributed by atoms with Gasteiger partial charge in [-0.1, -0.05) is 55.4 Å². The highest BCUT2D eigenvalue weighted by Crippen LogP contribution is 2.44. The van der Waals surface area contributed by atoms with Crippen LogP contribution in [0.3, 0.4) is 0 Å². The van der Waals surface area contributed by atoms with Gasteiger partial charge in [0.2, 0.25) is 0 Å². The lowest BCUT2D eigenvalue weighted by Crippen LogP contribution is -2.35. The zero-order valence-corrected chi connectivity index (χ0v) is 20.4. The van der Waals surface area contributed by atoms with Crippen LogP contribution in [-0.2, 0) is 11.3 Å². The Morgan fingerprint density at radius 2 is 1.73 bits per heavy atom. The monoisotopic (exact) mass is 476 g/mol. The molecule has 2 aliphatic rings. The fourth-order valence-corrected chi connectivity index (χ4v) is 6.61. The maximum absolute atomic E-state index is 13.6. The average Bonchev–Trinajstić information content (AvgIpc) is 3.43. The molecule has 2 aliphatic heterocycles. The lowest BCUT2D eigenvalue weighted by atomic mass is 10.2. The summed E-state index contributed by atoms with van der Waals surface area (Å²) >= 11 is 3.00. The Labute approximate surface area is 200 Å². The molecular formula is C25H24N4O2S2. The van der Waals surface area contributed by atoms with E-state index in [0.717, 1.165) is 28.5 Å². The number of aromatic nitrogens is 1. The summed E-state index contributed by atoms with van der Waals surface area (Å²) in [5, 5.41) is 6.87. The van der Waals surface area contributed by atoms with Gasteiger partial charge < -0.3 is 4.90 Å². The Balaban J connectivity index is 1.73. The number of rotatable bonds is 4. The van der Waals surface area contributed by atoms with E-state index in [1.54, 1.807) is 16.3 Å². The number of hydrogen-bond donors (Lipinski definition) is 0. The number of hydrogen-bond acceptors (Lipinski definition) is 6. The van der Waals surface area contributed by atoms with Crippen molar-refractivity contribution in [2.75, 3.05) is 17.0 Å². The van der Waals surface area contributed by atoms with Crippen molar-refractivity contribution in [3.63, 3.8) is 0 Å². The summed E-state index contributed by atoms with van der Waals surface area (Å²) in [6.45, 7) is 4.51. The van der Waals surface area contributed by atoms with Crippen molar-refractivity contribution in [1.29, 1.82) is 0 Å².